The molecule has 1 aromatic rings. The molecule has 0 aliphatic heterocycles. The van der Waals surface area contributed by atoms with E-state index in [0.717, 1.165) is 0 Å². The average Bonchev–Trinajstić information content (AvgIpc) is 2.25. The lowest BCUT2D eigenvalue weighted by Crippen LogP contribution is -2.11. The van der Waals surface area contributed by atoms with Crippen LogP contribution in [0.3, 0.4) is 0 Å². The molecule has 17 heavy (non-hydrogen) atoms. The van der Waals surface area contributed by atoms with Crippen LogP contribution in [-0.4, -0.2) is 11.1 Å². The van der Waals surface area contributed by atoms with Gasteiger partial charge in [0.1, 0.15) is 6.07 Å². The van der Waals surface area contributed by atoms with Crippen LogP contribution in [0.2, 0.25) is 0 Å². The van der Waals surface area contributed by atoms with Crippen molar-refractivity contribution < 1.29 is 23.1 Å². The number of alkyl halides is 4. The van der Waals surface area contributed by atoms with E-state index in [-0.39, 0.29) is 5.56 Å². The molecule has 0 aromatic heterocycles. The number of benzene rings is 1. The molecule has 7 heteroatoms. The largest absolute Gasteiger partial charge is 0.478 e. The van der Waals surface area contributed by atoms with Gasteiger partial charge in [-0.2, -0.15) is 18.4 Å². The van der Waals surface area contributed by atoms with Crippen LogP contribution in [0.4, 0.5) is 13.2 Å². The molecule has 0 bridgehead atoms. The van der Waals surface area contributed by atoms with Gasteiger partial charge in [0.2, 0.25) is 0 Å². The van der Waals surface area contributed by atoms with Crippen molar-refractivity contribution >= 4 is 17.6 Å². The lowest BCUT2D eigenvalue weighted by Gasteiger charge is -2.11. The second-order valence-electron chi connectivity index (χ2n) is 3.11. The van der Waals surface area contributed by atoms with Crippen LogP contribution in [0.1, 0.15) is 27.0 Å². The summed E-state index contributed by atoms with van der Waals surface area (Å²) in [6.07, 6.45) is -4.65. The summed E-state index contributed by atoms with van der Waals surface area (Å²) in [5.74, 6) is -1.90. The first-order chi connectivity index (χ1) is 7.81. The van der Waals surface area contributed by atoms with Gasteiger partial charge in [-0.25, -0.2) is 4.79 Å². The van der Waals surface area contributed by atoms with Gasteiger partial charge in [-0.3, -0.25) is 0 Å². The third-order valence-electron chi connectivity index (χ3n) is 2.03. The van der Waals surface area contributed by atoms with Crippen molar-refractivity contribution in [2.75, 3.05) is 0 Å². The van der Waals surface area contributed by atoms with Gasteiger partial charge in [0.15, 0.2) is 0 Å². The maximum absolute atomic E-state index is 12.5. The number of halogens is 4. The van der Waals surface area contributed by atoms with Gasteiger partial charge in [-0.1, -0.05) is 0 Å². The third-order valence-corrected chi connectivity index (χ3v) is 2.31. The van der Waals surface area contributed by atoms with Gasteiger partial charge in [0.25, 0.3) is 0 Å². The molecule has 0 saturated carbocycles. The number of carboxylic acids is 1. The zero-order chi connectivity index (χ0) is 13.2. The Morgan fingerprint density at radius 2 is 2.06 bits per heavy atom. The number of carbonyl (C=O) groups is 1. The Morgan fingerprint density at radius 1 is 1.47 bits per heavy atom. The first-order valence-corrected chi connectivity index (χ1v) is 4.78. The van der Waals surface area contributed by atoms with Gasteiger partial charge in [0, 0.05) is 5.88 Å². The average molecular weight is 264 g/mol. The lowest BCUT2D eigenvalue weighted by atomic mass is 9.99. The summed E-state index contributed by atoms with van der Waals surface area (Å²) in [5.41, 5.74) is -2.36. The summed E-state index contributed by atoms with van der Waals surface area (Å²) in [7, 11) is 0. The molecule has 0 unspecified atom stereocenters. The molecule has 0 aliphatic carbocycles. The maximum Gasteiger partial charge on any atom is 0.416 e. The lowest BCUT2D eigenvalue weighted by molar-refractivity contribution is -0.137. The molecule has 1 N–H and O–H groups in total. The van der Waals surface area contributed by atoms with Gasteiger partial charge in [-0.05, 0) is 17.7 Å². The topological polar surface area (TPSA) is 61.1 Å². The van der Waals surface area contributed by atoms with Crippen molar-refractivity contribution in [3.8, 4) is 6.07 Å². The van der Waals surface area contributed by atoms with Crippen LogP contribution < -0.4 is 0 Å². The number of nitrogens with zero attached hydrogens (tertiary/aromatic N) is 1. The zero-order valence-corrected chi connectivity index (χ0v) is 8.93. The fourth-order valence-electron chi connectivity index (χ4n) is 1.31. The third kappa shape index (κ3) is 2.68. The van der Waals surface area contributed by atoms with E-state index < -0.39 is 34.7 Å². The maximum atomic E-state index is 12.5. The Kier molecular flexibility index (Phi) is 3.63. The highest BCUT2D eigenvalue weighted by Crippen LogP contribution is 2.32. The van der Waals surface area contributed by atoms with E-state index in [0.29, 0.717) is 12.1 Å². The van der Waals surface area contributed by atoms with Gasteiger partial charge < -0.3 is 5.11 Å². The number of hydrogen-bond donors (Lipinski definition) is 1. The molecule has 0 amide bonds. The number of hydrogen-bond acceptors (Lipinski definition) is 2. The summed E-state index contributed by atoms with van der Waals surface area (Å²) >= 11 is 5.39. The van der Waals surface area contributed by atoms with Crippen molar-refractivity contribution in [1.29, 1.82) is 5.26 Å². The van der Waals surface area contributed by atoms with Gasteiger partial charge >= 0.3 is 12.1 Å². The molecule has 0 heterocycles. The minimum Gasteiger partial charge on any atom is -0.478 e. The second kappa shape index (κ2) is 4.63. The first kappa shape index (κ1) is 13.3. The Labute approximate surface area is 99.0 Å². The van der Waals surface area contributed by atoms with E-state index in [2.05, 4.69) is 0 Å². The Hall–Kier alpha value is -1.74. The summed E-state index contributed by atoms with van der Waals surface area (Å²) in [6, 6.07) is 2.56. The summed E-state index contributed by atoms with van der Waals surface area (Å²) < 4.78 is 37.4. The highest BCUT2D eigenvalue weighted by Gasteiger charge is 2.33. The quantitative estimate of drug-likeness (QED) is 0.834. The van der Waals surface area contributed by atoms with E-state index >= 15 is 0 Å². The van der Waals surface area contributed by atoms with Crippen LogP contribution in [0.15, 0.2) is 12.1 Å². The van der Waals surface area contributed by atoms with Crippen LogP contribution in [0.5, 0.6) is 0 Å². The first-order valence-electron chi connectivity index (χ1n) is 4.24. The van der Waals surface area contributed by atoms with Crippen LogP contribution in [0, 0.1) is 11.3 Å². The van der Waals surface area contributed by atoms with Crippen LogP contribution in [-0.2, 0) is 12.1 Å². The fourth-order valence-corrected chi connectivity index (χ4v) is 1.52. The summed E-state index contributed by atoms with van der Waals surface area (Å²) in [6.45, 7) is 0. The van der Waals surface area contributed by atoms with Crippen molar-refractivity contribution in [3.63, 3.8) is 0 Å². The minimum atomic E-state index is -4.65. The molecule has 1 aromatic carbocycles. The standard InChI is InChI=1S/C10H5ClF3NO2/c11-3-5-1-7(10(12,13)14)2-6(4-15)8(5)9(16)17/h1-2H,3H2,(H,16,17). The number of aromatic carboxylic acids is 1. The summed E-state index contributed by atoms with van der Waals surface area (Å²) in [5, 5.41) is 17.5. The second-order valence-corrected chi connectivity index (χ2v) is 3.37. The Bertz CT molecular complexity index is 505. The molecule has 0 saturated heterocycles. The Balaban J connectivity index is 3.58. The number of carboxylic acid groups (broad SMARTS) is 1. The molecule has 3 nitrogen and oxygen atoms in total. The normalized spacial score (nSPS) is 11.0. The molecule has 0 fully saturated rings. The van der Waals surface area contributed by atoms with Crippen molar-refractivity contribution in [2.45, 2.75) is 12.1 Å². The van der Waals surface area contributed by atoms with Gasteiger partial charge in [-0.15, -0.1) is 11.6 Å². The number of nitriles is 1. The van der Waals surface area contributed by atoms with Crippen LogP contribution in [0.25, 0.3) is 0 Å². The molecular formula is C10H5ClF3NO2. The Morgan fingerprint density at radius 3 is 2.41 bits per heavy atom. The highest BCUT2D eigenvalue weighted by atomic mass is 35.5. The highest BCUT2D eigenvalue weighted by molar-refractivity contribution is 6.17. The predicted molar refractivity (Wildman–Crippen MR) is 52.7 cm³/mol. The van der Waals surface area contributed by atoms with Crippen molar-refractivity contribution in [2.24, 2.45) is 0 Å². The number of rotatable bonds is 2. The van der Waals surface area contributed by atoms with E-state index in [1.165, 1.54) is 6.07 Å². The predicted octanol–water partition coefficient (Wildman–Crippen LogP) is 3.01. The van der Waals surface area contributed by atoms with Crippen molar-refractivity contribution in [1.82, 2.24) is 0 Å². The molecule has 0 atom stereocenters. The van der Waals surface area contributed by atoms with Gasteiger partial charge in [0.05, 0.1) is 16.7 Å². The molecule has 1 rings (SSSR count). The zero-order valence-electron chi connectivity index (χ0n) is 8.18. The molecule has 0 aliphatic rings. The van der Waals surface area contributed by atoms with Crippen LogP contribution >= 0.6 is 11.6 Å². The smallest absolute Gasteiger partial charge is 0.416 e. The van der Waals surface area contributed by atoms with Crippen molar-refractivity contribution in [3.05, 3.63) is 34.4 Å². The van der Waals surface area contributed by atoms with E-state index in [1.54, 1.807) is 0 Å². The van der Waals surface area contributed by atoms with E-state index in [9.17, 15) is 18.0 Å². The molecule has 90 valence electrons. The molecule has 0 radical (unpaired) electrons. The molecule has 0 spiro atoms. The van der Waals surface area contributed by atoms with E-state index in [1.807, 2.05) is 0 Å². The summed E-state index contributed by atoms with van der Waals surface area (Å²) in [4.78, 5) is 10.8. The molecular weight excluding hydrogens is 259 g/mol. The fraction of sp³-hybridized carbons (Fsp3) is 0.200. The SMILES string of the molecule is N#Cc1cc(C(F)(F)F)cc(CCl)c1C(=O)O. The minimum absolute atomic E-state index is 0.231. The monoisotopic (exact) mass is 263 g/mol. The van der Waals surface area contributed by atoms with E-state index in [4.69, 9.17) is 22.0 Å².